The molecule has 0 heterocycles. The van der Waals surface area contributed by atoms with Gasteiger partial charge in [-0.1, -0.05) is 0 Å². The van der Waals surface area contributed by atoms with Crippen molar-refractivity contribution < 1.29 is 9.18 Å². The predicted octanol–water partition coefficient (Wildman–Crippen LogP) is 1.33. The van der Waals surface area contributed by atoms with Crippen LogP contribution in [0.5, 0.6) is 0 Å². The quantitative estimate of drug-likeness (QED) is 0.508. The van der Waals surface area contributed by atoms with E-state index >= 15 is 0 Å². The Morgan fingerprint density at radius 3 is 2.38 bits per heavy atom. The molecule has 1 aliphatic carbocycles. The van der Waals surface area contributed by atoms with Gasteiger partial charge >= 0.3 is 0 Å². The summed E-state index contributed by atoms with van der Waals surface area (Å²) in [6, 6.07) is 0. The van der Waals surface area contributed by atoms with Crippen molar-refractivity contribution in [1.29, 1.82) is 0 Å². The van der Waals surface area contributed by atoms with Gasteiger partial charge in [-0.3, -0.25) is 4.39 Å². The van der Waals surface area contributed by atoms with Crippen LogP contribution in [0.4, 0.5) is 4.39 Å². The Labute approximate surface area is 47.9 Å². The molecule has 0 aromatic carbocycles. The molecule has 1 nitrogen and oxygen atoms in total. The van der Waals surface area contributed by atoms with E-state index in [1.807, 2.05) is 0 Å². The molecule has 0 aromatic heterocycles. The zero-order valence-electron chi connectivity index (χ0n) is 4.69. The van der Waals surface area contributed by atoms with E-state index in [0.29, 0.717) is 6.42 Å². The van der Waals surface area contributed by atoms with Crippen LogP contribution in [0.15, 0.2) is 0 Å². The Morgan fingerprint density at radius 1 is 1.62 bits per heavy atom. The van der Waals surface area contributed by atoms with E-state index in [1.165, 1.54) is 0 Å². The molecule has 0 aliphatic heterocycles. The van der Waals surface area contributed by atoms with Crippen LogP contribution < -0.4 is 0 Å². The Morgan fingerprint density at radius 2 is 2.25 bits per heavy atom. The highest BCUT2D eigenvalue weighted by atomic mass is 19.1. The third-order valence-corrected chi connectivity index (χ3v) is 1.73. The van der Waals surface area contributed by atoms with E-state index in [-0.39, 0.29) is 12.1 Å². The first-order valence-electron chi connectivity index (χ1n) is 2.85. The molecule has 8 heavy (non-hydrogen) atoms. The summed E-state index contributed by atoms with van der Waals surface area (Å²) in [4.78, 5) is 10.1. The average molecular weight is 116 g/mol. The number of hydrogen-bond donors (Lipinski definition) is 0. The lowest BCUT2D eigenvalue weighted by Crippen LogP contribution is -2.01. The summed E-state index contributed by atoms with van der Waals surface area (Å²) in [5.41, 5.74) is -0.214. The van der Waals surface area contributed by atoms with E-state index in [4.69, 9.17) is 0 Å². The van der Waals surface area contributed by atoms with Gasteiger partial charge in [-0.15, -0.1) is 0 Å². The zero-order valence-corrected chi connectivity index (χ0v) is 4.69. The van der Waals surface area contributed by atoms with Crippen molar-refractivity contribution in [2.45, 2.75) is 19.3 Å². The fourth-order valence-electron chi connectivity index (χ4n) is 0.776. The molecule has 1 fully saturated rings. The number of hydrogen-bond acceptors (Lipinski definition) is 1. The smallest absolute Gasteiger partial charge is 0.126 e. The van der Waals surface area contributed by atoms with Gasteiger partial charge in [0.25, 0.3) is 0 Å². The molecule has 0 bridgehead atoms. The van der Waals surface area contributed by atoms with E-state index in [2.05, 4.69) is 0 Å². The average Bonchev–Trinajstić information content (AvgIpc) is 2.50. The minimum absolute atomic E-state index is 0.214. The van der Waals surface area contributed by atoms with Crippen LogP contribution in [0.3, 0.4) is 0 Å². The molecule has 0 amide bonds. The summed E-state index contributed by atoms with van der Waals surface area (Å²) in [5.74, 6) is 0. The van der Waals surface area contributed by atoms with Crippen molar-refractivity contribution in [2.75, 3.05) is 6.67 Å². The summed E-state index contributed by atoms with van der Waals surface area (Å²) < 4.78 is 11.6. The minimum atomic E-state index is -0.348. The van der Waals surface area contributed by atoms with Gasteiger partial charge in [0.05, 0.1) is 6.67 Å². The minimum Gasteiger partial charge on any atom is -0.303 e. The standard InChI is InChI=1S/C6H9FO/c7-4-3-6(5-8)1-2-6/h5H,1-4H2. The van der Waals surface area contributed by atoms with Crippen LogP contribution in [0.1, 0.15) is 19.3 Å². The van der Waals surface area contributed by atoms with Crippen LogP contribution in [-0.4, -0.2) is 13.0 Å². The lowest BCUT2D eigenvalue weighted by Gasteiger charge is -1.98. The van der Waals surface area contributed by atoms with Gasteiger partial charge < -0.3 is 4.79 Å². The first-order chi connectivity index (χ1) is 3.83. The number of carbonyl (C=O) groups excluding carboxylic acids is 1. The van der Waals surface area contributed by atoms with Crippen molar-refractivity contribution in [3.8, 4) is 0 Å². The lowest BCUT2D eigenvalue weighted by atomic mass is 10.1. The van der Waals surface area contributed by atoms with Crippen molar-refractivity contribution in [2.24, 2.45) is 5.41 Å². The highest BCUT2D eigenvalue weighted by Crippen LogP contribution is 2.46. The highest BCUT2D eigenvalue weighted by Gasteiger charge is 2.41. The number of rotatable bonds is 3. The molecule has 1 rings (SSSR count). The van der Waals surface area contributed by atoms with Gasteiger partial charge in [-0.05, 0) is 19.3 Å². The summed E-state index contributed by atoms with van der Waals surface area (Å²) in [6.45, 7) is -0.348. The molecule has 0 radical (unpaired) electrons. The van der Waals surface area contributed by atoms with Gasteiger partial charge in [0.1, 0.15) is 6.29 Å². The van der Waals surface area contributed by atoms with Crippen LogP contribution in [0.2, 0.25) is 0 Å². The molecular weight excluding hydrogens is 107 g/mol. The van der Waals surface area contributed by atoms with Crippen LogP contribution in [-0.2, 0) is 4.79 Å². The molecule has 0 atom stereocenters. The molecule has 0 spiro atoms. The fraction of sp³-hybridized carbons (Fsp3) is 0.833. The summed E-state index contributed by atoms with van der Waals surface area (Å²) in [7, 11) is 0. The van der Waals surface area contributed by atoms with Crippen molar-refractivity contribution in [3.63, 3.8) is 0 Å². The second-order valence-electron chi connectivity index (χ2n) is 2.42. The summed E-state index contributed by atoms with van der Waals surface area (Å²) in [6.07, 6.45) is 3.14. The summed E-state index contributed by atoms with van der Waals surface area (Å²) >= 11 is 0. The molecule has 0 unspecified atom stereocenters. The molecule has 1 aliphatic rings. The van der Waals surface area contributed by atoms with E-state index in [9.17, 15) is 9.18 Å². The Bertz CT molecular complexity index is 96.7. The molecule has 0 saturated heterocycles. The first-order valence-corrected chi connectivity index (χ1v) is 2.85. The molecule has 46 valence electrons. The number of carbonyl (C=O) groups is 1. The van der Waals surface area contributed by atoms with Crippen molar-refractivity contribution in [1.82, 2.24) is 0 Å². The van der Waals surface area contributed by atoms with Gasteiger partial charge in [0, 0.05) is 5.41 Å². The third-order valence-electron chi connectivity index (χ3n) is 1.73. The zero-order chi connectivity index (χ0) is 6.04. The number of alkyl halides is 1. The molecule has 1 saturated carbocycles. The maximum absolute atomic E-state index is 11.6. The Balaban J connectivity index is 2.30. The SMILES string of the molecule is O=CC1(CCF)CC1. The van der Waals surface area contributed by atoms with Crippen LogP contribution >= 0.6 is 0 Å². The topological polar surface area (TPSA) is 17.1 Å². The fourth-order valence-corrected chi connectivity index (χ4v) is 0.776. The molecule has 0 N–H and O–H groups in total. The van der Waals surface area contributed by atoms with E-state index in [0.717, 1.165) is 19.1 Å². The maximum atomic E-state index is 11.6. The lowest BCUT2D eigenvalue weighted by molar-refractivity contribution is -0.112. The van der Waals surface area contributed by atoms with Crippen molar-refractivity contribution in [3.05, 3.63) is 0 Å². The Kier molecular flexibility index (Phi) is 1.32. The monoisotopic (exact) mass is 116 g/mol. The van der Waals surface area contributed by atoms with E-state index < -0.39 is 0 Å². The largest absolute Gasteiger partial charge is 0.303 e. The number of halogens is 1. The second-order valence-corrected chi connectivity index (χ2v) is 2.42. The van der Waals surface area contributed by atoms with Gasteiger partial charge in [0.2, 0.25) is 0 Å². The second kappa shape index (κ2) is 1.84. The highest BCUT2D eigenvalue weighted by molar-refractivity contribution is 5.63. The van der Waals surface area contributed by atoms with Gasteiger partial charge in [0.15, 0.2) is 0 Å². The van der Waals surface area contributed by atoms with E-state index in [1.54, 1.807) is 0 Å². The molecule has 2 heteroatoms. The Hall–Kier alpha value is -0.400. The predicted molar refractivity (Wildman–Crippen MR) is 28.3 cm³/mol. The third kappa shape index (κ3) is 0.881. The van der Waals surface area contributed by atoms with Crippen LogP contribution in [0, 0.1) is 5.41 Å². The molecule has 0 aromatic rings. The van der Waals surface area contributed by atoms with Crippen molar-refractivity contribution >= 4 is 6.29 Å². The van der Waals surface area contributed by atoms with Crippen LogP contribution in [0.25, 0.3) is 0 Å². The van der Waals surface area contributed by atoms with Gasteiger partial charge in [-0.25, -0.2) is 0 Å². The molecular formula is C6H9FO. The summed E-state index contributed by atoms with van der Waals surface area (Å²) in [5, 5.41) is 0. The van der Waals surface area contributed by atoms with Gasteiger partial charge in [-0.2, -0.15) is 0 Å². The maximum Gasteiger partial charge on any atom is 0.126 e. The normalized spacial score (nSPS) is 22.6. The number of aldehydes is 1. The first kappa shape index (κ1) is 5.73.